The molecule has 1 unspecified atom stereocenters. The van der Waals surface area contributed by atoms with Crippen LogP contribution in [-0.4, -0.2) is 67.2 Å². The molecule has 2 heterocycles. The number of carbonyl (C=O) groups is 1. The van der Waals surface area contributed by atoms with E-state index in [1.54, 1.807) is 4.90 Å². The van der Waals surface area contributed by atoms with Gasteiger partial charge in [-0.25, -0.2) is 8.42 Å². The third-order valence-corrected chi connectivity index (χ3v) is 6.97. The van der Waals surface area contributed by atoms with Crippen LogP contribution in [0.5, 0.6) is 0 Å². The number of nitro groups is 1. The molecule has 2 fully saturated rings. The number of sulfonamides is 1. The standard InChI is InChI=1S/C17H24N4O5S/c22-17(19-11-3-9-18-10-13-19)16-4-1-2-12-20(16)27(25,26)15-7-5-14(6-8-15)21(23)24/h5-8,16,18H,1-4,9-13H2. The maximum Gasteiger partial charge on any atom is 0.269 e. The van der Waals surface area contributed by atoms with Gasteiger partial charge in [0.15, 0.2) is 0 Å². The summed E-state index contributed by atoms with van der Waals surface area (Å²) in [6.45, 7) is 3.02. The Kier molecular flexibility index (Phi) is 6.08. The summed E-state index contributed by atoms with van der Waals surface area (Å²) in [6.07, 6.45) is 2.83. The Morgan fingerprint density at radius 3 is 2.52 bits per heavy atom. The Hall–Kier alpha value is -2.04. The number of non-ortho nitro benzene ring substituents is 1. The number of piperidine rings is 1. The van der Waals surface area contributed by atoms with E-state index in [4.69, 9.17) is 0 Å². The fourth-order valence-electron chi connectivity index (χ4n) is 3.59. The summed E-state index contributed by atoms with van der Waals surface area (Å²) >= 11 is 0. The van der Waals surface area contributed by atoms with E-state index in [1.165, 1.54) is 28.6 Å². The third kappa shape index (κ3) is 4.28. The van der Waals surface area contributed by atoms with Crippen LogP contribution in [0.25, 0.3) is 0 Å². The first-order chi connectivity index (χ1) is 12.9. The Labute approximate surface area is 158 Å². The number of hydrogen-bond donors (Lipinski definition) is 1. The molecule has 2 aliphatic rings. The van der Waals surface area contributed by atoms with Crippen LogP contribution in [0.2, 0.25) is 0 Å². The molecule has 148 valence electrons. The van der Waals surface area contributed by atoms with Crippen molar-refractivity contribution >= 4 is 21.6 Å². The van der Waals surface area contributed by atoms with E-state index in [0.29, 0.717) is 32.5 Å². The minimum Gasteiger partial charge on any atom is -0.340 e. The van der Waals surface area contributed by atoms with Crippen LogP contribution in [0.3, 0.4) is 0 Å². The van der Waals surface area contributed by atoms with Crippen molar-refractivity contribution in [2.24, 2.45) is 0 Å². The summed E-state index contributed by atoms with van der Waals surface area (Å²) < 4.78 is 27.5. The van der Waals surface area contributed by atoms with Gasteiger partial charge in [-0.1, -0.05) is 6.42 Å². The van der Waals surface area contributed by atoms with Gasteiger partial charge in [-0.05, 0) is 37.9 Å². The molecule has 0 radical (unpaired) electrons. The first-order valence-electron chi connectivity index (χ1n) is 9.17. The molecule has 2 saturated heterocycles. The van der Waals surface area contributed by atoms with E-state index < -0.39 is 21.0 Å². The number of nitrogens with zero attached hydrogens (tertiary/aromatic N) is 3. The number of hydrogen-bond acceptors (Lipinski definition) is 6. The minimum absolute atomic E-state index is 0.0228. The van der Waals surface area contributed by atoms with Gasteiger partial charge in [0, 0.05) is 38.3 Å². The number of nitro benzene ring substituents is 1. The highest BCUT2D eigenvalue weighted by Gasteiger charge is 2.39. The topological polar surface area (TPSA) is 113 Å². The van der Waals surface area contributed by atoms with Gasteiger partial charge in [0.25, 0.3) is 5.69 Å². The second-order valence-electron chi connectivity index (χ2n) is 6.81. The first-order valence-corrected chi connectivity index (χ1v) is 10.6. The van der Waals surface area contributed by atoms with E-state index in [0.717, 1.165) is 19.4 Å². The van der Waals surface area contributed by atoms with Gasteiger partial charge in [-0.15, -0.1) is 0 Å². The monoisotopic (exact) mass is 396 g/mol. The van der Waals surface area contributed by atoms with Crippen molar-refractivity contribution in [3.63, 3.8) is 0 Å². The average Bonchev–Trinajstić information content (AvgIpc) is 2.97. The molecule has 9 nitrogen and oxygen atoms in total. The minimum atomic E-state index is -3.90. The van der Waals surface area contributed by atoms with Crippen LogP contribution in [-0.2, 0) is 14.8 Å². The van der Waals surface area contributed by atoms with Gasteiger partial charge in [-0.3, -0.25) is 14.9 Å². The number of nitrogens with one attached hydrogen (secondary N) is 1. The molecule has 1 aromatic rings. The smallest absolute Gasteiger partial charge is 0.269 e. The van der Waals surface area contributed by atoms with Gasteiger partial charge >= 0.3 is 0 Å². The van der Waals surface area contributed by atoms with Crippen LogP contribution < -0.4 is 5.32 Å². The summed E-state index contributed by atoms with van der Waals surface area (Å²) in [5, 5.41) is 14.0. The lowest BCUT2D eigenvalue weighted by Crippen LogP contribution is -2.53. The van der Waals surface area contributed by atoms with Crippen molar-refractivity contribution in [1.29, 1.82) is 0 Å². The highest BCUT2D eigenvalue weighted by molar-refractivity contribution is 7.89. The van der Waals surface area contributed by atoms with Crippen LogP contribution in [0.1, 0.15) is 25.7 Å². The Bertz CT molecular complexity index is 788. The molecule has 3 rings (SSSR count). The summed E-state index contributed by atoms with van der Waals surface area (Å²) in [4.78, 5) is 25.0. The Balaban J connectivity index is 1.84. The fourth-order valence-corrected chi connectivity index (χ4v) is 5.24. The van der Waals surface area contributed by atoms with Crippen molar-refractivity contribution in [3.05, 3.63) is 34.4 Å². The highest BCUT2D eigenvalue weighted by Crippen LogP contribution is 2.27. The lowest BCUT2D eigenvalue weighted by molar-refractivity contribution is -0.384. The molecule has 1 N–H and O–H groups in total. The molecule has 1 aromatic carbocycles. The molecule has 1 amide bonds. The van der Waals surface area contributed by atoms with Gasteiger partial charge < -0.3 is 10.2 Å². The second-order valence-corrected chi connectivity index (χ2v) is 8.70. The van der Waals surface area contributed by atoms with Crippen LogP contribution in [0.15, 0.2) is 29.2 Å². The van der Waals surface area contributed by atoms with Crippen LogP contribution >= 0.6 is 0 Å². The fraction of sp³-hybridized carbons (Fsp3) is 0.588. The van der Waals surface area contributed by atoms with E-state index in [9.17, 15) is 23.3 Å². The first kappa shape index (κ1) is 19.7. The molecule has 0 spiro atoms. The van der Waals surface area contributed by atoms with Crippen molar-refractivity contribution in [2.75, 3.05) is 32.7 Å². The molecule has 0 saturated carbocycles. The maximum atomic E-state index is 13.1. The normalized spacial score (nSPS) is 22.2. The Morgan fingerprint density at radius 2 is 1.81 bits per heavy atom. The summed E-state index contributed by atoms with van der Waals surface area (Å²) in [7, 11) is -3.90. The number of carbonyl (C=O) groups excluding carboxylic acids is 1. The second kappa shape index (κ2) is 8.32. The SMILES string of the molecule is O=C(C1CCCCN1S(=O)(=O)c1ccc([N+](=O)[O-])cc1)N1CCCNCC1. The average molecular weight is 396 g/mol. The van der Waals surface area contributed by atoms with E-state index in [2.05, 4.69) is 5.32 Å². The molecule has 0 aliphatic carbocycles. The molecule has 2 aliphatic heterocycles. The van der Waals surface area contributed by atoms with Gasteiger partial charge in [0.2, 0.25) is 15.9 Å². The third-order valence-electron chi connectivity index (χ3n) is 5.04. The molecular formula is C17H24N4O5S. The van der Waals surface area contributed by atoms with Gasteiger partial charge in [0.1, 0.15) is 6.04 Å². The summed E-state index contributed by atoms with van der Waals surface area (Å²) in [5.41, 5.74) is -0.169. The predicted molar refractivity (Wildman–Crippen MR) is 98.7 cm³/mol. The maximum absolute atomic E-state index is 13.1. The van der Waals surface area contributed by atoms with Crippen molar-refractivity contribution in [3.8, 4) is 0 Å². The zero-order valence-electron chi connectivity index (χ0n) is 15.0. The number of rotatable bonds is 4. The van der Waals surface area contributed by atoms with Crippen molar-refractivity contribution in [2.45, 2.75) is 36.6 Å². The lowest BCUT2D eigenvalue weighted by Gasteiger charge is -2.36. The molecule has 1 atom stereocenters. The largest absolute Gasteiger partial charge is 0.340 e. The van der Waals surface area contributed by atoms with Gasteiger partial charge in [0.05, 0.1) is 9.82 Å². The lowest BCUT2D eigenvalue weighted by atomic mass is 10.0. The molecular weight excluding hydrogens is 372 g/mol. The molecule has 0 aromatic heterocycles. The summed E-state index contributed by atoms with van der Waals surface area (Å²) in [5.74, 6) is -0.149. The zero-order valence-corrected chi connectivity index (χ0v) is 15.9. The zero-order chi connectivity index (χ0) is 19.4. The van der Waals surface area contributed by atoms with Crippen molar-refractivity contribution < 1.29 is 18.1 Å². The Morgan fingerprint density at radius 1 is 1.07 bits per heavy atom. The molecule has 10 heteroatoms. The van der Waals surface area contributed by atoms with E-state index in [-0.39, 0.29) is 23.0 Å². The predicted octanol–water partition coefficient (Wildman–Crippen LogP) is 0.960. The quantitative estimate of drug-likeness (QED) is 0.599. The van der Waals surface area contributed by atoms with E-state index in [1.807, 2.05) is 0 Å². The van der Waals surface area contributed by atoms with Crippen molar-refractivity contribution in [1.82, 2.24) is 14.5 Å². The highest BCUT2D eigenvalue weighted by atomic mass is 32.2. The molecule has 27 heavy (non-hydrogen) atoms. The summed E-state index contributed by atoms with van der Waals surface area (Å²) in [6, 6.07) is 4.11. The van der Waals surface area contributed by atoms with Crippen LogP contribution in [0.4, 0.5) is 5.69 Å². The molecule has 0 bridgehead atoms. The van der Waals surface area contributed by atoms with Gasteiger partial charge in [-0.2, -0.15) is 4.31 Å². The van der Waals surface area contributed by atoms with E-state index >= 15 is 0 Å². The number of amides is 1. The number of benzene rings is 1. The van der Waals surface area contributed by atoms with Crippen LogP contribution in [0, 0.1) is 10.1 Å².